The average Bonchev–Trinajstić information content (AvgIpc) is 2.76. The highest BCUT2D eigenvalue weighted by atomic mass is 16.6. The van der Waals surface area contributed by atoms with Gasteiger partial charge in [-0.2, -0.15) is 0 Å². The van der Waals surface area contributed by atoms with Gasteiger partial charge in [0.25, 0.3) is 5.69 Å². The number of nitro benzene ring substituents is 1. The number of carbonyl (C=O) groups is 3. The van der Waals surface area contributed by atoms with E-state index in [1.165, 1.54) is 24.3 Å². The number of carbonyl (C=O) groups excluding carboxylic acids is 3. The van der Waals surface area contributed by atoms with Gasteiger partial charge >= 0.3 is 6.09 Å². The molecule has 2 aromatic carbocycles. The number of ether oxygens (including phenoxy) is 1. The Morgan fingerprint density at radius 1 is 1.03 bits per heavy atom. The largest absolute Gasteiger partial charge is 0.445 e. The van der Waals surface area contributed by atoms with Gasteiger partial charge in [-0.25, -0.2) is 4.79 Å². The summed E-state index contributed by atoms with van der Waals surface area (Å²) < 4.78 is 5.16. The van der Waals surface area contributed by atoms with E-state index in [2.05, 4.69) is 10.6 Å². The van der Waals surface area contributed by atoms with Crippen LogP contribution in [-0.4, -0.2) is 35.3 Å². The summed E-state index contributed by atoms with van der Waals surface area (Å²) >= 11 is 0. The lowest BCUT2D eigenvalue weighted by atomic mass is 10.0. The number of rotatable bonds is 10. The summed E-state index contributed by atoms with van der Waals surface area (Å²) in [6.07, 6.45) is 0.0109. The lowest BCUT2D eigenvalue weighted by Gasteiger charge is -2.23. The molecule has 0 aliphatic rings. The van der Waals surface area contributed by atoms with Gasteiger partial charge in [0.1, 0.15) is 18.9 Å². The molecule has 164 valence electrons. The number of nitro groups is 1. The van der Waals surface area contributed by atoms with E-state index in [9.17, 15) is 24.5 Å². The van der Waals surface area contributed by atoms with E-state index < -0.39 is 29.0 Å². The number of alkyl carbamates (subject to hydrolysis) is 1. The fraction of sp³-hybridized carbons (Fsp3) is 0.318. The third-order valence-corrected chi connectivity index (χ3v) is 4.53. The summed E-state index contributed by atoms with van der Waals surface area (Å²) in [6.45, 7) is 3.58. The minimum Gasteiger partial charge on any atom is -0.445 e. The normalized spacial score (nSPS) is 12.5. The van der Waals surface area contributed by atoms with Crippen molar-refractivity contribution in [3.63, 3.8) is 0 Å². The molecule has 2 rings (SSSR count). The third kappa shape index (κ3) is 7.54. The maximum atomic E-state index is 12.7. The number of amides is 2. The van der Waals surface area contributed by atoms with Crippen molar-refractivity contribution < 1.29 is 24.0 Å². The van der Waals surface area contributed by atoms with E-state index in [0.29, 0.717) is 11.8 Å². The van der Waals surface area contributed by atoms with E-state index in [0.717, 1.165) is 5.56 Å². The molecule has 2 atom stereocenters. The van der Waals surface area contributed by atoms with Crippen molar-refractivity contribution in [2.75, 3.05) is 0 Å². The summed E-state index contributed by atoms with van der Waals surface area (Å²) in [5.41, 5.74) is 1.40. The van der Waals surface area contributed by atoms with Crippen LogP contribution in [0.4, 0.5) is 10.5 Å². The van der Waals surface area contributed by atoms with Crippen molar-refractivity contribution in [2.45, 2.75) is 39.0 Å². The van der Waals surface area contributed by atoms with E-state index in [1.807, 2.05) is 30.3 Å². The Morgan fingerprint density at radius 2 is 1.68 bits per heavy atom. The zero-order valence-electron chi connectivity index (χ0n) is 17.3. The van der Waals surface area contributed by atoms with Gasteiger partial charge < -0.3 is 20.2 Å². The second kappa shape index (κ2) is 11.4. The first-order valence-corrected chi connectivity index (χ1v) is 9.76. The van der Waals surface area contributed by atoms with Gasteiger partial charge in [0.2, 0.25) is 5.91 Å². The zero-order chi connectivity index (χ0) is 22.8. The minimum atomic E-state index is -0.900. The Morgan fingerprint density at radius 3 is 2.23 bits per heavy atom. The molecule has 0 aromatic heterocycles. The molecule has 31 heavy (non-hydrogen) atoms. The van der Waals surface area contributed by atoms with Crippen molar-refractivity contribution in [3.05, 3.63) is 75.8 Å². The van der Waals surface area contributed by atoms with Crippen molar-refractivity contribution in [3.8, 4) is 0 Å². The Kier molecular flexibility index (Phi) is 8.68. The predicted octanol–water partition coefficient (Wildman–Crippen LogP) is 2.77. The molecular formula is C22H25N3O6. The van der Waals surface area contributed by atoms with E-state index in [4.69, 9.17) is 4.74 Å². The summed E-state index contributed by atoms with van der Waals surface area (Å²) in [4.78, 5) is 46.5. The molecule has 2 N–H and O–H groups in total. The van der Waals surface area contributed by atoms with Crippen LogP contribution in [0.25, 0.3) is 0 Å². The summed E-state index contributed by atoms with van der Waals surface area (Å²) in [5.74, 6) is -0.776. The van der Waals surface area contributed by atoms with Gasteiger partial charge in [0, 0.05) is 12.1 Å². The van der Waals surface area contributed by atoms with Crippen LogP contribution >= 0.6 is 0 Å². The molecule has 0 saturated heterocycles. The highest BCUT2D eigenvalue weighted by molar-refractivity contribution is 5.87. The van der Waals surface area contributed by atoms with Gasteiger partial charge in [-0.1, -0.05) is 56.3 Å². The summed E-state index contributed by atoms with van der Waals surface area (Å²) in [6, 6.07) is 13.1. The maximum absolute atomic E-state index is 12.7. The second-order valence-electron chi connectivity index (χ2n) is 7.31. The van der Waals surface area contributed by atoms with Gasteiger partial charge in [-0.05, 0) is 23.5 Å². The monoisotopic (exact) mass is 427 g/mol. The van der Waals surface area contributed by atoms with Gasteiger partial charge in [0.15, 0.2) is 0 Å². The Balaban J connectivity index is 1.93. The lowest BCUT2D eigenvalue weighted by molar-refractivity contribution is -0.384. The number of benzene rings is 2. The highest BCUT2D eigenvalue weighted by Crippen LogP contribution is 2.13. The lowest BCUT2D eigenvalue weighted by Crippen LogP contribution is -2.52. The van der Waals surface area contributed by atoms with Gasteiger partial charge in [-0.15, -0.1) is 0 Å². The van der Waals surface area contributed by atoms with Crippen molar-refractivity contribution >= 4 is 24.0 Å². The zero-order valence-corrected chi connectivity index (χ0v) is 17.3. The van der Waals surface area contributed by atoms with Crippen molar-refractivity contribution in [1.82, 2.24) is 10.6 Å². The summed E-state index contributed by atoms with van der Waals surface area (Å²) in [7, 11) is 0. The molecule has 2 amide bonds. The van der Waals surface area contributed by atoms with Crippen molar-refractivity contribution in [1.29, 1.82) is 0 Å². The number of nitrogens with one attached hydrogen (secondary N) is 2. The molecule has 0 fully saturated rings. The quantitative estimate of drug-likeness (QED) is 0.341. The smallest absolute Gasteiger partial charge is 0.408 e. The molecule has 0 aliphatic heterocycles. The Hall–Kier alpha value is -3.75. The Bertz CT molecular complexity index is 899. The molecule has 0 aliphatic carbocycles. The first-order valence-electron chi connectivity index (χ1n) is 9.76. The van der Waals surface area contributed by atoms with Crippen LogP contribution in [0.3, 0.4) is 0 Å². The second-order valence-corrected chi connectivity index (χ2v) is 7.31. The molecule has 0 unspecified atom stereocenters. The molecule has 9 heteroatoms. The molecule has 0 heterocycles. The molecular weight excluding hydrogens is 402 g/mol. The van der Waals surface area contributed by atoms with Crippen LogP contribution in [0.15, 0.2) is 54.6 Å². The topological polar surface area (TPSA) is 128 Å². The standard InChI is InChI=1S/C22H25N3O6/c1-15(2)20(24-22(28)31-14-17-6-4-3-5-7-17)21(27)23-18(13-26)12-16-8-10-19(11-9-16)25(29)30/h3-11,13,15,18,20H,12,14H2,1-2H3,(H,23,27)(H,24,28)/t18-,20-/m0/s1. The highest BCUT2D eigenvalue weighted by Gasteiger charge is 2.27. The first kappa shape index (κ1) is 23.5. The van der Waals surface area contributed by atoms with Gasteiger partial charge in [-0.3, -0.25) is 14.9 Å². The van der Waals surface area contributed by atoms with Crippen LogP contribution < -0.4 is 10.6 Å². The van der Waals surface area contributed by atoms with Crippen LogP contribution in [0, 0.1) is 16.0 Å². The fourth-order valence-electron chi connectivity index (χ4n) is 2.84. The van der Waals surface area contributed by atoms with Gasteiger partial charge in [0.05, 0.1) is 11.0 Å². The van der Waals surface area contributed by atoms with Crippen molar-refractivity contribution in [2.24, 2.45) is 5.92 Å². The average molecular weight is 427 g/mol. The van der Waals surface area contributed by atoms with Crippen LogP contribution in [0.1, 0.15) is 25.0 Å². The number of hydrogen-bond acceptors (Lipinski definition) is 6. The molecule has 0 saturated carbocycles. The number of nitrogens with zero attached hydrogens (tertiary/aromatic N) is 1. The number of aldehydes is 1. The molecule has 0 radical (unpaired) electrons. The van der Waals surface area contributed by atoms with E-state index in [1.54, 1.807) is 13.8 Å². The molecule has 0 spiro atoms. The minimum absolute atomic E-state index is 0.0616. The fourth-order valence-corrected chi connectivity index (χ4v) is 2.84. The maximum Gasteiger partial charge on any atom is 0.408 e. The predicted molar refractivity (Wildman–Crippen MR) is 113 cm³/mol. The third-order valence-electron chi connectivity index (χ3n) is 4.53. The van der Waals surface area contributed by atoms with E-state index >= 15 is 0 Å². The molecule has 9 nitrogen and oxygen atoms in total. The Labute approximate surface area is 179 Å². The van der Waals surface area contributed by atoms with Crippen LogP contribution in [-0.2, 0) is 27.4 Å². The number of hydrogen-bond donors (Lipinski definition) is 2. The SMILES string of the molecule is CC(C)[C@H](NC(=O)OCc1ccccc1)C(=O)N[C@H](C=O)Cc1ccc([N+](=O)[O-])cc1. The van der Waals surface area contributed by atoms with Crippen LogP contribution in [0.2, 0.25) is 0 Å². The van der Waals surface area contributed by atoms with E-state index in [-0.39, 0.29) is 24.6 Å². The number of non-ortho nitro benzene ring substituents is 1. The first-order chi connectivity index (χ1) is 14.8. The summed E-state index contributed by atoms with van der Waals surface area (Å²) in [5, 5.41) is 15.9. The van der Waals surface area contributed by atoms with Crippen LogP contribution in [0.5, 0.6) is 0 Å². The molecule has 2 aromatic rings. The molecule has 0 bridgehead atoms.